The summed E-state index contributed by atoms with van der Waals surface area (Å²) in [5.41, 5.74) is 6.55. The number of nitrogen functional groups attached to an aromatic ring is 1. The van der Waals surface area contributed by atoms with Gasteiger partial charge in [0.2, 0.25) is 5.95 Å². The van der Waals surface area contributed by atoms with Crippen LogP contribution in [0.4, 0.5) is 10.3 Å². The third-order valence-corrected chi connectivity index (χ3v) is 2.98. The summed E-state index contributed by atoms with van der Waals surface area (Å²) in [6.07, 6.45) is 0. The van der Waals surface area contributed by atoms with Crippen LogP contribution < -0.4 is 5.73 Å². The number of rotatable bonds is 2. The monoisotopic (exact) mass is 271 g/mol. The average Bonchev–Trinajstić information content (AvgIpc) is 2.63. The van der Waals surface area contributed by atoms with E-state index in [4.69, 9.17) is 17.3 Å². The first-order valence-electron chi connectivity index (χ1n) is 5.16. The molecule has 0 bridgehead atoms. The number of halogens is 2. The number of benzene rings is 1. The molecule has 0 radical (unpaired) electrons. The number of hydrogen-bond donors (Lipinski definition) is 1. The molecule has 96 valence electrons. The molecule has 1 atom stereocenters. The summed E-state index contributed by atoms with van der Waals surface area (Å²) in [6.45, 7) is 1.61. The largest absolute Gasteiger partial charge is 0.467 e. The van der Waals surface area contributed by atoms with E-state index in [9.17, 15) is 9.18 Å². The van der Waals surface area contributed by atoms with Crippen molar-refractivity contribution in [1.29, 1.82) is 0 Å². The van der Waals surface area contributed by atoms with E-state index in [2.05, 4.69) is 9.72 Å². The first-order valence-corrected chi connectivity index (χ1v) is 5.53. The van der Waals surface area contributed by atoms with Gasteiger partial charge in [0, 0.05) is 6.07 Å². The first-order chi connectivity index (χ1) is 8.45. The Morgan fingerprint density at radius 3 is 2.89 bits per heavy atom. The van der Waals surface area contributed by atoms with Crippen molar-refractivity contribution in [2.45, 2.75) is 13.0 Å². The summed E-state index contributed by atoms with van der Waals surface area (Å²) in [7, 11) is 1.28. The Balaban J connectivity index is 2.67. The lowest BCUT2D eigenvalue weighted by atomic mass is 10.2. The Labute approximate surface area is 107 Å². The smallest absolute Gasteiger partial charge is 0.328 e. The molecule has 7 heteroatoms. The molecule has 0 saturated carbocycles. The molecule has 0 amide bonds. The van der Waals surface area contributed by atoms with Crippen molar-refractivity contribution >= 4 is 34.6 Å². The lowest BCUT2D eigenvalue weighted by Gasteiger charge is -2.13. The molecule has 2 N–H and O–H groups in total. The number of anilines is 1. The predicted molar refractivity (Wildman–Crippen MR) is 65.8 cm³/mol. The van der Waals surface area contributed by atoms with E-state index in [1.807, 2.05) is 0 Å². The van der Waals surface area contributed by atoms with Crippen LogP contribution in [0.5, 0.6) is 0 Å². The molecule has 1 unspecified atom stereocenters. The third-order valence-electron chi connectivity index (χ3n) is 2.69. The van der Waals surface area contributed by atoms with Crippen LogP contribution in [0.25, 0.3) is 11.0 Å². The van der Waals surface area contributed by atoms with Gasteiger partial charge in [0.05, 0.1) is 23.2 Å². The van der Waals surface area contributed by atoms with Gasteiger partial charge in [0.15, 0.2) is 0 Å². The van der Waals surface area contributed by atoms with Gasteiger partial charge in [-0.05, 0) is 13.0 Å². The molecule has 2 aromatic rings. The van der Waals surface area contributed by atoms with Crippen LogP contribution in [0, 0.1) is 5.82 Å². The molecule has 1 heterocycles. The molecule has 2 rings (SSSR count). The molecule has 0 aliphatic carbocycles. The standard InChI is InChI=1S/C11H11ClFN3O2/c1-5(10(17)18-2)16-9-3-6(12)7(13)4-8(9)15-11(16)14/h3-5H,1-2H3,(H2,14,15). The van der Waals surface area contributed by atoms with Crippen LogP contribution in [0.3, 0.4) is 0 Å². The molecule has 0 saturated heterocycles. The maximum atomic E-state index is 13.3. The maximum Gasteiger partial charge on any atom is 0.328 e. The number of methoxy groups -OCH3 is 1. The second kappa shape index (κ2) is 4.45. The Bertz CT molecular complexity index is 626. The highest BCUT2D eigenvalue weighted by Crippen LogP contribution is 2.27. The highest BCUT2D eigenvalue weighted by atomic mass is 35.5. The number of esters is 1. The minimum Gasteiger partial charge on any atom is -0.467 e. The maximum absolute atomic E-state index is 13.3. The van der Waals surface area contributed by atoms with E-state index in [-0.39, 0.29) is 11.0 Å². The van der Waals surface area contributed by atoms with Gasteiger partial charge < -0.3 is 10.5 Å². The summed E-state index contributed by atoms with van der Waals surface area (Å²) >= 11 is 5.71. The van der Waals surface area contributed by atoms with Crippen molar-refractivity contribution in [3.8, 4) is 0 Å². The zero-order valence-corrected chi connectivity index (χ0v) is 10.5. The van der Waals surface area contributed by atoms with Crippen molar-refractivity contribution in [1.82, 2.24) is 9.55 Å². The van der Waals surface area contributed by atoms with Crippen LogP contribution >= 0.6 is 11.6 Å². The number of nitrogens with zero attached hydrogens (tertiary/aromatic N) is 2. The van der Waals surface area contributed by atoms with Gasteiger partial charge in [0.25, 0.3) is 0 Å². The van der Waals surface area contributed by atoms with E-state index < -0.39 is 17.8 Å². The lowest BCUT2D eigenvalue weighted by molar-refractivity contribution is -0.143. The van der Waals surface area contributed by atoms with E-state index >= 15 is 0 Å². The van der Waals surface area contributed by atoms with Crippen LogP contribution in [0.2, 0.25) is 5.02 Å². The predicted octanol–water partition coefficient (Wildman–Crippen LogP) is 2.14. The minimum absolute atomic E-state index is 0.0549. The number of hydrogen-bond acceptors (Lipinski definition) is 4. The van der Waals surface area contributed by atoms with Gasteiger partial charge >= 0.3 is 5.97 Å². The number of carbonyl (C=O) groups excluding carboxylic acids is 1. The van der Waals surface area contributed by atoms with Gasteiger partial charge in [-0.3, -0.25) is 4.57 Å². The Hall–Kier alpha value is -1.82. The Kier molecular flexibility index (Phi) is 3.13. The lowest BCUT2D eigenvalue weighted by Crippen LogP contribution is -2.19. The van der Waals surface area contributed by atoms with E-state index in [1.165, 1.54) is 23.8 Å². The highest BCUT2D eigenvalue weighted by Gasteiger charge is 2.21. The number of nitrogens with two attached hydrogens (primary N) is 1. The summed E-state index contributed by atoms with van der Waals surface area (Å²) in [4.78, 5) is 15.5. The van der Waals surface area contributed by atoms with E-state index in [0.29, 0.717) is 11.0 Å². The number of fused-ring (bicyclic) bond motifs is 1. The number of imidazole rings is 1. The molecule has 0 aliphatic heterocycles. The van der Waals surface area contributed by atoms with Gasteiger partial charge in [-0.1, -0.05) is 11.6 Å². The van der Waals surface area contributed by atoms with Crippen LogP contribution in [0.15, 0.2) is 12.1 Å². The molecule has 0 spiro atoms. The molecular formula is C11H11ClFN3O2. The zero-order chi connectivity index (χ0) is 13.4. The summed E-state index contributed by atoms with van der Waals surface area (Å²) in [5.74, 6) is -0.953. The van der Waals surface area contributed by atoms with Crippen molar-refractivity contribution in [3.63, 3.8) is 0 Å². The zero-order valence-electron chi connectivity index (χ0n) is 9.78. The third kappa shape index (κ3) is 1.88. The normalized spacial score (nSPS) is 12.7. The van der Waals surface area contributed by atoms with Crippen molar-refractivity contribution < 1.29 is 13.9 Å². The number of ether oxygens (including phenoxy) is 1. The van der Waals surface area contributed by atoms with Gasteiger partial charge in [-0.25, -0.2) is 14.2 Å². The Morgan fingerprint density at radius 1 is 1.61 bits per heavy atom. The highest BCUT2D eigenvalue weighted by molar-refractivity contribution is 6.31. The molecule has 1 aromatic carbocycles. The molecular weight excluding hydrogens is 261 g/mol. The summed E-state index contributed by atoms with van der Waals surface area (Å²) in [5, 5.41) is -0.0549. The van der Waals surface area contributed by atoms with Crippen LogP contribution in [-0.2, 0) is 9.53 Å². The van der Waals surface area contributed by atoms with E-state index in [1.54, 1.807) is 6.92 Å². The fourth-order valence-corrected chi connectivity index (χ4v) is 1.95. The Morgan fingerprint density at radius 2 is 2.28 bits per heavy atom. The second-order valence-electron chi connectivity index (χ2n) is 3.79. The van der Waals surface area contributed by atoms with Crippen molar-refractivity contribution in [2.75, 3.05) is 12.8 Å². The summed E-state index contributed by atoms with van der Waals surface area (Å²) < 4.78 is 19.4. The summed E-state index contributed by atoms with van der Waals surface area (Å²) in [6, 6.07) is 1.89. The van der Waals surface area contributed by atoms with Crippen molar-refractivity contribution in [2.24, 2.45) is 0 Å². The number of carbonyl (C=O) groups is 1. The molecule has 5 nitrogen and oxygen atoms in total. The quantitative estimate of drug-likeness (QED) is 0.850. The minimum atomic E-state index is -0.665. The molecule has 0 aliphatic rings. The fraction of sp³-hybridized carbons (Fsp3) is 0.273. The topological polar surface area (TPSA) is 70.1 Å². The van der Waals surface area contributed by atoms with Crippen LogP contribution in [-0.4, -0.2) is 22.6 Å². The second-order valence-corrected chi connectivity index (χ2v) is 4.20. The molecule has 0 fully saturated rings. The fourth-order valence-electron chi connectivity index (χ4n) is 1.79. The van der Waals surface area contributed by atoms with Gasteiger partial charge in [-0.2, -0.15) is 0 Å². The molecule has 1 aromatic heterocycles. The van der Waals surface area contributed by atoms with Gasteiger partial charge in [0.1, 0.15) is 11.9 Å². The van der Waals surface area contributed by atoms with E-state index in [0.717, 1.165) is 0 Å². The molecule has 18 heavy (non-hydrogen) atoms. The first kappa shape index (κ1) is 12.6. The number of aromatic nitrogens is 2. The van der Waals surface area contributed by atoms with Gasteiger partial charge in [-0.15, -0.1) is 0 Å². The van der Waals surface area contributed by atoms with Crippen molar-refractivity contribution in [3.05, 3.63) is 23.0 Å². The van der Waals surface area contributed by atoms with Crippen LogP contribution in [0.1, 0.15) is 13.0 Å². The average molecular weight is 272 g/mol. The SMILES string of the molecule is COC(=O)C(C)n1c(N)nc2cc(F)c(Cl)cc21.